The zero-order chi connectivity index (χ0) is 15.2. The van der Waals surface area contributed by atoms with Crippen molar-refractivity contribution >= 4 is 23.2 Å². The van der Waals surface area contributed by atoms with Crippen molar-refractivity contribution < 1.29 is 4.74 Å². The molecule has 0 aliphatic carbocycles. The predicted molar refractivity (Wildman–Crippen MR) is 91.3 cm³/mol. The maximum absolute atomic E-state index is 6.06. The van der Waals surface area contributed by atoms with Crippen LogP contribution >= 0.6 is 23.2 Å². The molecule has 0 amide bonds. The van der Waals surface area contributed by atoms with Crippen molar-refractivity contribution in [3.05, 3.63) is 53.6 Å². The average molecular weight is 323 g/mol. The van der Waals surface area contributed by atoms with Gasteiger partial charge in [0.15, 0.2) is 0 Å². The summed E-state index contributed by atoms with van der Waals surface area (Å²) in [4.78, 5) is 0. The lowest BCUT2D eigenvalue weighted by Crippen LogP contribution is -2.04. The second kappa shape index (κ2) is 7.72. The van der Waals surface area contributed by atoms with Gasteiger partial charge in [0.2, 0.25) is 0 Å². The van der Waals surface area contributed by atoms with Crippen LogP contribution in [-0.4, -0.2) is 6.61 Å². The van der Waals surface area contributed by atoms with Crippen molar-refractivity contribution in [3.8, 4) is 16.9 Å². The topological polar surface area (TPSA) is 9.23 Å². The van der Waals surface area contributed by atoms with E-state index in [2.05, 4.69) is 32.0 Å². The van der Waals surface area contributed by atoms with Gasteiger partial charge >= 0.3 is 0 Å². The molecule has 0 aromatic heterocycles. The fourth-order valence-corrected chi connectivity index (χ4v) is 2.51. The number of ether oxygens (including phenoxy) is 1. The van der Waals surface area contributed by atoms with E-state index in [1.165, 1.54) is 0 Å². The van der Waals surface area contributed by atoms with Crippen LogP contribution in [0.5, 0.6) is 5.75 Å². The third-order valence-corrected chi connectivity index (χ3v) is 3.80. The van der Waals surface area contributed by atoms with E-state index in [0.29, 0.717) is 24.3 Å². The van der Waals surface area contributed by atoms with Gasteiger partial charge in [-0.25, -0.2) is 0 Å². The first-order valence-electron chi connectivity index (χ1n) is 7.11. The Labute approximate surface area is 136 Å². The summed E-state index contributed by atoms with van der Waals surface area (Å²) in [5.41, 5.74) is 4.43. The van der Waals surface area contributed by atoms with E-state index in [-0.39, 0.29) is 0 Å². The van der Waals surface area contributed by atoms with Crippen molar-refractivity contribution in [1.82, 2.24) is 0 Å². The molecule has 2 aromatic rings. The summed E-state index contributed by atoms with van der Waals surface area (Å²) in [7, 11) is 0. The highest BCUT2D eigenvalue weighted by atomic mass is 35.5. The Hall–Kier alpha value is -1.18. The lowest BCUT2D eigenvalue weighted by molar-refractivity contribution is 0.271. The standard InChI is InChI=1S/C18H20Cl2O/c1-13(2)12-21-17-5-3-4-15(9-17)18-8-14(10-19)6-7-16(18)11-20/h3-9,13H,10-12H2,1-2H3. The minimum absolute atomic E-state index is 0.481. The molecule has 0 fully saturated rings. The number of benzene rings is 2. The SMILES string of the molecule is CC(C)COc1cccc(-c2cc(CCl)ccc2CCl)c1. The number of halogens is 2. The number of alkyl halides is 2. The molecule has 0 heterocycles. The van der Waals surface area contributed by atoms with Crippen LogP contribution in [0.3, 0.4) is 0 Å². The van der Waals surface area contributed by atoms with E-state index >= 15 is 0 Å². The third-order valence-electron chi connectivity index (χ3n) is 3.20. The maximum atomic E-state index is 6.06. The van der Waals surface area contributed by atoms with Crippen LogP contribution in [0.1, 0.15) is 25.0 Å². The van der Waals surface area contributed by atoms with Crippen LogP contribution in [0.15, 0.2) is 42.5 Å². The molecule has 1 nitrogen and oxygen atoms in total. The molecule has 0 N–H and O–H groups in total. The van der Waals surface area contributed by atoms with Crippen LogP contribution in [0.4, 0.5) is 0 Å². The molecule has 0 unspecified atom stereocenters. The van der Waals surface area contributed by atoms with E-state index in [0.717, 1.165) is 28.0 Å². The molecular weight excluding hydrogens is 303 g/mol. The minimum Gasteiger partial charge on any atom is -0.493 e. The molecule has 0 aliphatic rings. The van der Waals surface area contributed by atoms with Crippen LogP contribution in [-0.2, 0) is 11.8 Å². The van der Waals surface area contributed by atoms with Gasteiger partial charge in [-0.2, -0.15) is 0 Å². The highest BCUT2D eigenvalue weighted by Gasteiger charge is 2.07. The molecule has 21 heavy (non-hydrogen) atoms. The second-order valence-corrected chi connectivity index (χ2v) is 6.03. The molecule has 2 aromatic carbocycles. The summed E-state index contributed by atoms with van der Waals surface area (Å²) in [5.74, 6) is 2.37. The van der Waals surface area contributed by atoms with Crippen LogP contribution in [0.2, 0.25) is 0 Å². The van der Waals surface area contributed by atoms with Gasteiger partial charge in [0.25, 0.3) is 0 Å². The molecule has 3 heteroatoms. The zero-order valence-corrected chi connectivity index (χ0v) is 13.9. The van der Waals surface area contributed by atoms with Crippen molar-refractivity contribution in [2.24, 2.45) is 5.92 Å². The van der Waals surface area contributed by atoms with E-state index in [4.69, 9.17) is 27.9 Å². The van der Waals surface area contributed by atoms with Gasteiger partial charge in [-0.1, -0.05) is 38.1 Å². The lowest BCUT2D eigenvalue weighted by atomic mass is 9.98. The van der Waals surface area contributed by atoms with Gasteiger partial charge in [0, 0.05) is 11.8 Å². The van der Waals surface area contributed by atoms with Gasteiger partial charge < -0.3 is 4.74 Å². The Morgan fingerprint density at radius 1 is 1.00 bits per heavy atom. The summed E-state index contributed by atoms with van der Waals surface area (Å²) < 4.78 is 5.80. The first kappa shape index (κ1) is 16.2. The molecule has 0 aliphatic heterocycles. The fraction of sp³-hybridized carbons (Fsp3) is 0.333. The molecular formula is C18H20Cl2O. The Kier molecular flexibility index (Phi) is 5.96. The van der Waals surface area contributed by atoms with Crippen LogP contribution in [0.25, 0.3) is 11.1 Å². The van der Waals surface area contributed by atoms with Gasteiger partial charge in [0.05, 0.1) is 6.61 Å². The van der Waals surface area contributed by atoms with E-state index in [1.54, 1.807) is 0 Å². The summed E-state index contributed by atoms with van der Waals surface area (Å²) >= 11 is 12.0. The monoisotopic (exact) mass is 322 g/mol. The first-order chi connectivity index (χ1) is 10.1. The first-order valence-corrected chi connectivity index (χ1v) is 8.18. The number of hydrogen-bond donors (Lipinski definition) is 0. The van der Waals surface area contributed by atoms with Crippen molar-refractivity contribution in [2.45, 2.75) is 25.6 Å². The van der Waals surface area contributed by atoms with Crippen LogP contribution in [0, 0.1) is 5.92 Å². The highest BCUT2D eigenvalue weighted by molar-refractivity contribution is 6.18. The van der Waals surface area contributed by atoms with Gasteiger partial charge in [-0.15, -0.1) is 23.2 Å². The summed E-state index contributed by atoms with van der Waals surface area (Å²) in [6.07, 6.45) is 0. The smallest absolute Gasteiger partial charge is 0.119 e. The van der Waals surface area contributed by atoms with E-state index in [1.807, 2.05) is 24.3 Å². The van der Waals surface area contributed by atoms with Gasteiger partial charge in [-0.3, -0.25) is 0 Å². The molecule has 112 valence electrons. The van der Waals surface area contributed by atoms with Crippen molar-refractivity contribution in [1.29, 1.82) is 0 Å². The second-order valence-electron chi connectivity index (χ2n) is 5.49. The highest BCUT2D eigenvalue weighted by Crippen LogP contribution is 2.29. The maximum Gasteiger partial charge on any atom is 0.119 e. The number of hydrogen-bond acceptors (Lipinski definition) is 1. The molecule has 0 atom stereocenters. The number of rotatable bonds is 6. The Bertz CT molecular complexity index is 594. The fourth-order valence-electron chi connectivity index (χ4n) is 2.11. The normalized spacial score (nSPS) is 10.9. The van der Waals surface area contributed by atoms with E-state index < -0.39 is 0 Å². The zero-order valence-electron chi connectivity index (χ0n) is 12.4. The summed E-state index contributed by atoms with van der Waals surface area (Å²) in [6, 6.07) is 14.3. The molecule has 2 rings (SSSR count). The lowest BCUT2D eigenvalue weighted by Gasteiger charge is -2.12. The molecule has 0 saturated heterocycles. The molecule has 0 radical (unpaired) electrons. The largest absolute Gasteiger partial charge is 0.493 e. The van der Waals surface area contributed by atoms with Gasteiger partial charge in [-0.05, 0) is 46.4 Å². The molecule has 0 bridgehead atoms. The van der Waals surface area contributed by atoms with E-state index in [9.17, 15) is 0 Å². The minimum atomic E-state index is 0.481. The predicted octanol–water partition coefficient (Wildman–Crippen LogP) is 5.87. The van der Waals surface area contributed by atoms with Crippen molar-refractivity contribution in [2.75, 3.05) is 6.61 Å². The quantitative estimate of drug-likeness (QED) is 0.604. The summed E-state index contributed by atoms with van der Waals surface area (Å²) in [5, 5.41) is 0. The Morgan fingerprint density at radius 3 is 2.48 bits per heavy atom. The van der Waals surface area contributed by atoms with Crippen molar-refractivity contribution in [3.63, 3.8) is 0 Å². The Morgan fingerprint density at radius 2 is 1.81 bits per heavy atom. The summed E-state index contributed by atoms with van der Waals surface area (Å²) in [6.45, 7) is 4.99. The molecule has 0 spiro atoms. The average Bonchev–Trinajstić information content (AvgIpc) is 2.52. The Balaban J connectivity index is 2.34. The molecule has 0 saturated carbocycles. The van der Waals surface area contributed by atoms with Gasteiger partial charge in [0.1, 0.15) is 5.75 Å². The van der Waals surface area contributed by atoms with Crippen LogP contribution < -0.4 is 4.74 Å². The third kappa shape index (κ3) is 4.39.